The molecule has 1 amide bonds. The summed E-state index contributed by atoms with van der Waals surface area (Å²) in [5.41, 5.74) is 5.85. The molecule has 0 aromatic heterocycles. The van der Waals surface area contributed by atoms with Gasteiger partial charge in [-0.3, -0.25) is 4.79 Å². The molecule has 3 unspecified atom stereocenters. The van der Waals surface area contributed by atoms with Gasteiger partial charge in [-0.25, -0.2) is 0 Å². The molecule has 4 heteroatoms. The maximum absolute atomic E-state index is 11.6. The average molecular weight is 228 g/mol. The summed E-state index contributed by atoms with van der Waals surface area (Å²) >= 11 is 0. The van der Waals surface area contributed by atoms with Crippen LogP contribution in [0.1, 0.15) is 46.0 Å². The predicted octanol–water partition coefficient (Wildman–Crippen LogP) is 1.19. The fourth-order valence-electron chi connectivity index (χ4n) is 2.02. The molecule has 0 aromatic carbocycles. The highest BCUT2D eigenvalue weighted by atomic mass is 16.5. The number of carbonyl (C=O) groups excluding carboxylic acids is 1. The Balaban J connectivity index is 2.21. The quantitative estimate of drug-likeness (QED) is 0.643. The first-order chi connectivity index (χ1) is 7.69. The van der Waals surface area contributed by atoms with Crippen LogP contribution in [0.2, 0.25) is 0 Å². The van der Waals surface area contributed by atoms with Crippen LogP contribution in [0.4, 0.5) is 0 Å². The first-order valence-electron chi connectivity index (χ1n) is 6.35. The summed E-state index contributed by atoms with van der Waals surface area (Å²) in [6.07, 6.45) is 4.79. The largest absolute Gasteiger partial charge is 0.376 e. The third-order valence-electron chi connectivity index (χ3n) is 3.08. The van der Waals surface area contributed by atoms with Crippen molar-refractivity contribution in [1.29, 1.82) is 0 Å². The highest BCUT2D eigenvalue weighted by Gasteiger charge is 2.40. The van der Waals surface area contributed by atoms with Gasteiger partial charge in [0.1, 0.15) is 0 Å². The molecular weight excluding hydrogens is 204 g/mol. The molecule has 0 aromatic rings. The van der Waals surface area contributed by atoms with Crippen molar-refractivity contribution in [2.24, 2.45) is 5.73 Å². The number of carbonyl (C=O) groups is 1. The molecule has 0 spiro atoms. The Kier molecular flexibility index (Phi) is 5.77. The lowest BCUT2D eigenvalue weighted by molar-refractivity contribution is -0.125. The van der Waals surface area contributed by atoms with Crippen molar-refractivity contribution in [3.63, 3.8) is 0 Å². The molecule has 0 aliphatic heterocycles. The number of hydrogen-bond donors (Lipinski definition) is 2. The van der Waals surface area contributed by atoms with Gasteiger partial charge >= 0.3 is 0 Å². The zero-order chi connectivity index (χ0) is 12.0. The zero-order valence-electron chi connectivity index (χ0n) is 10.4. The second kappa shape index (κ2) is 6.86. The molecule has 0 saturated heterocycles. The standard InChI is InChI=1S/C12H24N2O2/c1-3-5-6-7-11(15)14-12-9(13)8-10(12)16-4-2/h9-10,12H,3-8,13H2,1-2H3,(H,14,15). The summed E-state index contributed by atoms with van der Waals surface area (Å²) in [7, 11) is 0. The lowest BCUT2D eigenvalue weighted by Gasteiger charge is -2.42. The van der Waals surface area contributed by atoms with Gasteiger partial charge in [0, 0.05) is 19.1 Å². The van der Waals surface area contributed by atoms with Gasteiger partial charge in [-0.15, -0.1) is 0 Å². The van der Waals surface area contributed by atoms with E-state index in [9.17, 15) is 4.79 Å². The Bertz CT molecular complexity index is 219. The summed E-state index contributed by atoms with van der Waals surface area (Å²) in [6.45, 7) is 4.77. The maximum atomic E-state index is 11.6. The van der Waals surface area contributed by atoms with E-state index in [4.69, 9.17) is 10.5 Å². The summed E-state index contributed by atoms with van der Waals surface area (Å²) in [5.74, 6) is 0.110. The molecule has 4 nitrogen and oxygen atoms in total. The van der Waals surface area contributed by atoms with Crippen molar-refractivity contribution in [3.8, 4) is 0 Å². The summed E-state index contributed by atoms with van der Waals surface area (Å²) < 4.78 is 5.49. The van der Waals surface area contributed by atoms with E-state index in [1.165, 1.54) is 0 Å². The molecule has 0 radical (unpaired) electrons. The number of unbranched alkanes of at least 4 members (excludes halogenated alkanes) is 2. The molecule has 0 heterocycles. The second-order valence-electron chi connectivity index (χ2n) is 4.44. The van der Waals surface area contributed by atoms with E-state index in [1.807, 2.05) is 6.92 Å². The Morgan fingerprint density at radius 1 is 1.44 bits per heavy atom. The van der Waals surface area contributed by atoms with Gasteiger partial charge in [-0.1, -0.05) is 19.8 Å². The summed E-state index contributed by atoms with van der Waals surface area (Å²) in [4.78, 5) is 11.6. The number of nitrogens with two attached hydrogens (primary N) is 1. The summed E-state index contributed by atoms with van der Waals surface area (Å²) in [6, 6.07) is 0.0840. The lowest BCUT2D eigenvalue weighted by Crippen LogP contribution is -2.64. The Hall–Kier alpha value is -0.610. The van der Waals surface area contributed by atoms with E-state index in [2.05, 4.69) is 12.2 Å². The Morgan fingerprint density at radius 2 is 2.19 bits per heavy atom. The van der Waals surface area contributed by atoms with Crippen LogP contribution in [0.3, 0.4) is 0 Å². The lowest BCUT2D eigenvalue weighted by atomic mass is 9.83. The van der Waals surface area contributed by atoms with Crippen molar-refractivity contribution in [2.45, 2.75) is 64.1 Å². The van der Waals surface area contributed by atoms with Crippen LogP contribution in [0.15, 0.2) is 0 Å². The van der Waals surface area contributed by atoms with Crippen molar-refractivity contribution in [1.82, 2.24) is 5.32 Å². The third kappa shape index (κ3) is 3.76. The number of hydrogen-bond acceptors (Lipinski definition) is 3. The van der Waals surface area contributed by atoms with Gasteiger partial charge in [0.25, 0.3) is 0 Å². The van der Waals surface area contributed by atoms with Gasteiger partial charge in [-0.2, -0.15) is 0 Å². The number of amides is 1. The summed E-state index contributed by atoms with van der Waals surface area (Å²) in [5, 5.41) is 2.97. The maximum Gasteiger partial charge on any atom is 0.220 e. The topological polar surface area (TPSA) is 64.4 Å². The highest BCUT2D eigenvalue weighted by molar-refractivity contribution is 5.76. The van der Waals surface area contributed by atoms with Gasteiger partial charge in [0.05, 0.1) is 12.1 Å². The van der Waals surface area contributed by atoms with E-state index in [0.29, 0.717) is 13.0 Å². The molecule has 1 aliphatic rings. The first-order valence-corrected chi connectivity index (χ1v) is 6.35. The van der Waals surface area contributed by atoms with Crippen LogP contribution >= 0.6 is 0 Å². The second-order valence-corrected chi connectivity index (χ2v) is 4.44. The normalized spacial score (nSPS) is 28.6. The minimum atomic E-state index is 0.0223. The van der Waals surface area contributed by atoms with Crippen LogP contribution in [0, 0.1) is 0 Å². The van der Waals surface area contributed by atoms with Crippen molar-refractivity contribution in [2.75, 3.05) is 6.61 Å². The Morgan fingerprint density at radius 3 is 2.75 bits per heavy atom. The minimum Gasteiger partial charge on any atom is -0.376 e. The predicted molar refractivity (Wildman–Crippen MR) is 64.1 cm³/mol. The minimum absolute atomic E-state index is 0.0223. The zero-order valence-corrected chi connectivity index (χ0v) is 10.4. The molecule has 1 saturated carbocycles. The molecule has 1 rings (SSSR count). The van der Waals surface area contributed by atoms with Crippen molar-refractivity contribution < 1.29 is 9.53 Å². The first kappa shape index (κ1) is 13.5. The van der Waals surface area contributed by atoms with E-state index >= 15 is 0 Å². The number of rotatable bonds is 7. The van der Waals surface area contributed by atoms with Crippen LogP contribution in [0.25, 0.3) is 0 Å². The smallest absolute Gasteiger partial charge is 0.220 e. The van der Waals surface area contributed by atoms with Crippen molar-refractivity contribution in [3.05, 3.63) is 0 Å². The van der Waals surface area contributed by atoms with Crippen LogP contribution in [-0.4, -0.2) is 30.7 Å². The van der Waals surface area contributed by atoms with Gasteiger partial charge in [0.2, 0.25) is 5.91 Å². The number of ether oxygens (including phenoxy) is 1. The van der Waals surface area contributed by atoms with Crippen LogP contribution < -0.4 is 11.1 Å². The molecule has 1 aliphatic carbocycles. The van der Waals surface area contributed by atoms with Crippen molar-refractivity contribution >= 4 is 5.91 Å². The molecule has 3 N–H and O–H groups in total. The van der Waals surface area contributed by atoms with Crippen LogP contribution in [0.5, 0.6) is 0 Å². The Labute approximate surface area is 97.9 Å². The van der Waals surface area contributed by atoms with E-state index in [0.717, 1.165) is 25.7 Å². The van der Waals surface area contributed by atoms with E-state index in [1.54, 1.807) is 0 Å². The molecule has 3 atom stereocenters. The molecular formula is C12H24N2O2. The molecule has 94 valence electrons. The van der Waals surface area contributed by atoms with Crippen LogP contribution in [-0.2, 0) is 9.53 Å². The molecule has 0 bridgehead atoms. The van der Waals surface area contributed by atoms with Gasteiger partial charge in [-0.05, 0) is 19.8 Å². The number of nitrogens with one attached hydrogen (secondary N) is 1. The van der Waals surface area contributed by atoms with Gasteiger partial charge in [0.15, 0.2) is 0 Å². The average Bonchev–Trinajstić information content (AvgIpc) is 2.26. The fourth-order valence-corrected chi connectivity index (χ4v) is 2.02. The van der Waals surface area contributed by atoms with E-state index in [-0.39, 0.29) is 24.1 Å². The highest BCUT2D eigenvalue weighted by Crippen LogP contribution is 2.22. The van der Waals surface area contributed by atoms with Gasteiger partial charge < -0.3 is 15.8 Å². The molecule has 1 fully saturated rings. The fraction of sp³-hybridized carbons (Fsp3) is 0.917. The monoisotopic (exact) mass is 228 g/mol. The third-order valence-corrected chi connectivity index (χ3v) is 3.08. The van der Waals surface area contributed by atoms with E-state index < -0.39 is 0 Å². The molecule has 16 heavy (non-hydrogen) atoms. The SMILES string of the molecule is CCCCCC(=O)NC1C(N)CC1OCC.